The topological polar surface area (TPSA) is 175 Å². The van der Waals surface area contributed by atoms with Crippen LogP contribution in [-0.2, 0) is 13.8 Å². The predicted octanol–water partition coefficient (Wildman–Crippen LogP) is 2.12. The van der Waals surface area contributed by atoms with Gasteiger partial charge in [0.25, 0.3) is 5.56 Å². The Morgan fingerprint density at radius 3 is 1.89 bits per heavy atom. The average Bonchev–Trinajstić information content (AvgIpc) is 3.11. The number of phosphoric acid groups is 1. The highest BCUT2D eigenvalue weighted by Crippen LogP contribution is 2.38. The lowest BCUT2D eigenvalue weighted by Gasteiger charge is -2.22. The fourth-order valence-corrected chi connectivity index (χ4v) is 4.33. The highest BCUT2D eigenvalue weighted by molar-refractivity contribution is 7.46. The van der Waals surface area contributed by atoms with E-state index < -0.39 is 50.2 Å². The molecular formula is C24H46N3O9P. The fraction of sp³-hybridized carbons (Fsp3) is 0.833. The molecule has 1 saturated heterocycles. The van der Waals surface area contributed by atoms with Gasteiger partial charge in [0, 0.05) is 12.3 Å². The number of rotatable bonds is 16. The van der Waals surface area contributed by atoms with E-state index in [2.05, 4.69) is 30.2 Å². The van der Waals surface area contributed by atoms with E-state index in [9.17, 15) is 24.4 Å². The number of aromatic nitrogens is 2. The number of nitrogens with zero attached hydrogens (tertiary/aromatic N) is 2. The summed E-state index contributed by atoms with van der Waals surface area (Å²) in [7, 11) is -4.76. The van der Waals surface area contributed by atoms with Gasteiger partial charge >= 0.3 is 13.5 Å². The summed E-state index contributed by atoms with van der Waals surface area (Å²) in [5, 5.41) is 19.6. The Morgan fingerprint density at radius 2 is 1.46 bits per heavy atom. The SMILES string of the molecule is CCCCCN(CCCCC)CCCCC.O=c1ccn([C@@H]2O[C@H](COP(=O)(O)O)[C@@H](O)[C@H]2O)c(=O)[nH]1. The molecule has 0 radical (unpaired) electrons. The van der Waals surface area contributed by atoms with Gasteiger partial charge in [-0.25, -0.2) is 9.36 Å². The van der Waals surface area contributed by atoms with Crippen molar-refractivity contribution in [1.29, 1.82) is 0 Å². The number of aliphatic hydroxyl groups excluding tert-OH is 2. The molecule has 0 spiro atoms. The van der Waals surface area contributed by atoms with Gasteiger partial charge in [-0.05, 0) is 38.9 Å². The lowest BCUT2D eigenvalue weighted by atomic mass is 10.1. The number of unbranched alkanes of at least 4 members (excludes halogenated alkanes) is 6. The lowest BCUT2D eigenvalue weighted by Crippen LogP contribution is -2.37. The van der Waals surface area contributed by atoms with Gasteiger partial charge in [0.05, 0.1) is 6.61 Å². The molecule has 1 aromatic rings. The molecule has 0 amide bonds. The van der Waals surface area contributed by atoms with E-state index in [1.54, 1.807) is 0 Å². The monoisotopic (exact) mass is 551 g/mol. The maximum atomic E-state index is 11.6. The molecule has 13 heteroatoms. The first-order valence-electron chi connectivity index (χ1n) is 13.3. The molecule has 1 aliphatic heterocycles. The van der Waals surface area contributed by atoms with Crippen LogP contribution in [0.25, 0.3) is 0 Å². The van der Waals surface area contributed by atoms with Gasteiger partial charge in [0.2, 0.25) is 0 Å². The van der Waals surface area contributed by atoms with Crippen LogP contribution in [0.1, 0.15) is 84.8 Å². The van der Waals surface area contributed by atoms with Crippen molar-refractivity contribution in [2.45, 2.75) is 103 Å². The minimum atomic E-state index is -4.76. The number of ether oxygens (including phenoxy) is 1. The number of phosphoric ester groups is 1. The highest BCUT2D eigenvalue weighted by Gasteiger charge is 2.44. The maximum Gasteiger partial charge on any atom is 0.469 e. The van der Waals surface area contributed by atoms with Crippen LogP contribution in [0.2, 0.25) is 0 Å². The van der Waals surface area contributed by atoms with E-state index in [1.807, 2.05) is 4.98 Å². The quantitative estimate of drug-likeness (QED) is 0.151. The molecule has 1 aromatic heterocycles. The molecule has 1 aliphatic rings. The fourth-order valence-electron chi connectivity index (χ4n) is 3.99. The third-order valence-electron chi connectivity index (χ3n) is 6.10. The van der Waals surface area contributed by atoms with Crippen molar-refractivity contribution in [1.82, 2.24) is 14.5 Å². The second-order valence-electron chi connectivity index (χ2n) is 9.31. The summed E-state index contributed by atoms with van der Waals surface area (Å²) in [4.78, 5) is 44.3. The second kappa shape index (κ2) is 18.0. The first kappa shape index (κ1) is 33.7. The number of aromatic amines is 1. The Hall–Kier alpha value is -1.37. The van der Waals surface area contributed by atoms with Crippen LogP contribution in [0.5, 0.6) is 0 Å². The Bertz CT molecular complexity index is 880. The summed E-state index contributed by atoms with van der Waals surface area (Å²) in [5.41, 5.74) is -1.51. The van der Waals surface area contributed by atoms with Crippen molar-refractivity contribution in [3.63, 3.8) is 0 Å². The molecule has 2 heterocycles. The van der Waals surface area contributed by atoms with Crippen molar-refractivity contribution in [3.8, 4) is 0 Å². The zero-order valence-electron chi connectivity index (χ0n) is 22.3. The van der Waals surface area contributed by atoms with E-state index >= 15 is 0 Å². The van der Waals surface area contributed by atoms with Crippen LogP contribution in [0.4, 0.5) is 0 Å². The van der Waals surface area contributed by atoms with Gasteiger partial charge in [-0.2, -0.15) is 0 Å². The minimum absolute atomic E-state index is 0.648. The Morgan fingerprint density at radius 1 is 0.946 bits per heavy atom. The summed E-state index contributed by atoms with van der Waals surface area (Å²) >= 11 is 0. The van der Waals surface area contributed by atoms with Crippen LogP contribution in [0, 0.1) is 0 Å². The van der Waals surface area contributed by atoms with Crippen molar-refractivity contribution >= 4 is 7.82 Å². The number of hydrogen-bond donors (Lipinski definition) is 5. The number of H-pyrrole nitrogens is 1. The zero-order valence-corrected chi connectivity index (χ0v) is 23.2. The zero-order chi connectivity index (χ0) is 27.8. The molecule has 0 unspecified atom stereocenters. The molecule has 0 bridgehead atoms. The summed E-state index contributed by atoms with van der Waals surface area (Å²) in [6, 6.07) is 1.02. The van der Waals surface area contributed by atoms with Crippen LogP contribution < -0.4 is 11.2 Å². The molecule has 0 aromatic carbocycles. The van der Waals surface area contributed by atoms with Crippen molar-refractivity contribution in [2.75, 3.05) is 26.2 Å². The summed E-state index contributed by atoms with van der Waals surface area (Å²) in [6.07, 6.45) is 7.85. The van der Waals surface area contributed by atoms with E-state index in [-0.39, 0.29) is 0 Å². The largest absolute Gasteiger partial charge is 0.469 e. The molecular weight excluding hydrogens is 505 g/mol. The van der Waals surface area contributed by atoms with Gasteiger partial charge in [-0.15, -0.1) is 0 Å². The average molecular weight is 552 g/mol. The number of aliphatic hydroxyl groups is 2. The molecule has 2 rings (SSSR count). The standard InChI is InChI=1S/C15H33N.C9H13N2O9P/c1-4-7-10-13-16(14-11-8-5-2)15-12-9-6-3;12-5-1-2-11(9(15)10-5)8-7(14)6(13)4(20-8)3-19-21(16,17)18/h4-15H2,1-3H3;1-2,4,6-8,13-14H,3H2,(H,10,12,15)(H2,16,17,18)/t;4-,6-,7-,8-/m.1/s1. The molecule has 4 atom stereocenters. The summed E-state index contributed by atoms with van der Waals surface area (Å²) in [6.45, 7) is 10.2. The lowest BCUT2D eigenvalue weighted by molar-refractivity contribution is -0.0543. The second-order valence-corrected chi connectivity index (χ2v) is 10.6. The molecule has 12 nitrogen and oxygen atoms in total. The van der Waals surface area contributed by atoms with Crippen LogP contribution in [0.15, 0.2) is 21.9 Å². The normalized spacial score (nSPS) is 21.7. The van der Waals surface area contributed by atoms with E-state index in [4.69, 9.17) is 14.5 Å². The van der Waals surface area contributed by atoms with E-state index in [0.717, 1.165) is 16.8 Å². The Kier molecular flexibility index (Phi) is 16.4. The maximum absolute atomic E-state index is 11.6. The third kappa shape index (κ3) is 13.3. The van der Waals surface area contributed by atoms with Gasteiger partial charge < -0.3 is 29.6 Å². The van der Waals surface area contributed by atoms with Crippen LogP contribution in [-0.4, -0.2) is 79.0 Å². The van der Waals surface area contributed by atoms with Gasteiger partial charge in [0.15, 0.2) is 6.23 Å². The molecule has 1 fully saturated rings. The number of nitrogens with one attached hydrogen (secondary N) is 1. The van der Waals surface area contributed by atoms with Crippen molar-refractivity contribution in [2.24, 2.45) is 0 Å². The van der Waals surface area contributed by atoms with Crippen molar-refractivity contribution < 1.29 is 33.8 Å². The molecule has 37 heavy (non-hydrogen) atoms. The Balaban J connectivity index is 0.000000387. The summed E-state index contributed by atoms with van der Waals surface area (Å²) < 4.78 is 20.8. The van der Waals surface area contributed by atoms with E-state index in [0.29, 0.717) is 0 Å². The van der Waals surface area contributed by atoms with Crippen LogP contribution in [0.3, 0.4) is 0 Å². The number of hydrogen-bond acceptors (Lipinski definition) is 8. The predicted molar refractivity (Wildman–Crippen MR) is 140 cm³/mol. The van der Waals surface area contributed by atoms with E-state index in [1.165, 1.54) is 77.4 Å². The Labute approximate surface area is 218 Å². The van der Waals surface area contributed by atoms with Gasteiger partial charge in [-0.1, -0.05) is 59.3 Å². The highest BCUT2D eigenvalue weighted by atomic mass is 31.2. The first-order valence-corrected chi connectivity index (χ1v) is 14.8. The molecule has 5 N–H and O–H groups in total. The first-order chi connectivity index (χ1) is 17.5. The van der Waals surface area contributed by atoms with Crippen LogP contribution >= 0.6 is 7.82 Å². The smallest absolute Gasteiger partial charge is 0.387 e. The molecule has 216 valence electrons. The van der Waals surface area contributed by atoms with Crippen molar-refractivity contribution in [3.05, 3.63) is 33.1 Å². The van der Waals surface area contributed by atoms with Gasteiger partial charge in [0.1, 0.15) is 18.3 Å². The summed E-state index contributed by atoms with van der Waals surface area (Å²) in [5.74, 6) is 0. The van der Waals surface area contributed by atoms with Gasteiger partial charge in [-0.3, -0.25) is 18.9 Å². The molecule has 0 saturated carbocycles. The molecule has 0 aliphatic carbocycles. The minimum Gasteiger partial charge on any atom is -0.387 e. The third-order valence-corrected chi connectivity index (χ3v) is 6.59.